The average Bonchev–Trinajstić information content (AvgIpc) is 3.75. The Bertz CT molecular complexity index is 2690. The van der Waals surface area contributed by atoms with Crippen molar-refractivity contribution in [3.8, 4) is 22.3 Å². The number of anilines is 3. The fraction of sp³-hybridized carbons (Fsp3) is 0.0667. The van der Waals surface area contributed by atoms with Crippen molar-refractivity contribution in [1.82, 2.24) is 0 Å². The molecule has 48 heavy (non-hydrogen) atoms. The number of nitrogens with zero attached hydrogens (tertiary/aromatic N) is 1. The molecule has 0 saturated carbocycles. The van der Waals surface area contributed by atoms with Crippen molar-refractivity contribution < 1.29 is 0 Å². The second-order valence-corrected chi connectivity index (χ2v) is 15.5. The first-order valence-electron chi connectivity index (χ1n) is 16.5. The minimum Gasteiger partial charge on any atom is -0.310 e. The van der Waals surface area contributed by atoms with Crippen LogP contribution in [0.2, 0.25) is 0 Å². The predicted octanol–water partition coefficient (Wildman–Crippen LogP) is 13.9. The summed E-state index contributed by atoms with van der Waals surface area (Å²) >= 11 is 3.81. The molecule has 0 saturated heterocycles. The van der Waals surface area contributed by atoms with Gasteiger partial charge in [0.15, 0.2) is 0 Å². The highest BCUT2D eigenvalue weighted by atomic mass is 32.1. The molecule has 2 aromatic heterocycles. The van der Waals surface area contributed by atoms with Crippen molar-refractivity contribution in [2.24, 2.45) is 0 Å². The summed E-state index contributed by atoms with van der Waals surface area (Å²) in [5.41, 5.74) is 11.4. The second kappa shape index (κ2) is 10.4. The number of hydrogen-bond acceptors (Lipinski definition) is 3. The Morgan fingerprint density at radius 1 is 0.417 bits per heavy atom. The molecule has 0 spiro atoms. The number of benzene rings is 7. The van der Waals surface area contributed by atoms with Crippen LogP contribution in [0.4, 0.5) is 17.1 Å². The summed E-state index contributed by atoms with van der Waals surface area (Å²) in [4.78, 5) is 2.39. The Balaban J connectivity index is 1.08. The fourth-order valence-corrected chi connectivity index (χ4v) is 10.3. The Kier molecular flexibility index (Phi) is 6.03. The molecule has 0 amide bonds. The number of rotatable bonds is 4. The van der Waals surface area contributed by atoms with Crippen molar-refractivity contribution in [3.63, 3.8) is 0 Å². The lowest BCUT2D eigenvalue weighted by Gasteiger charge is -2.28. The van der Waals surface area contributed by atoms with E-state index in [4.69, 9.17) is 0 Å². The molecular weight excluding hydrogens is 619 g/mol. The first-order chi connectivity index (χ1) is 23.5. The minimum atomic E-state index is -0.0562. The number of hydrogen-bond donors (Lipinski definition) is 0. The molecule has 2 heterocycles. The highest BCUT2D eigenvalue weighted by Gasteiger charge is 2.35. The topological polar surface area (TPSA) is 3.24 Å². The van der Waals surface area contributed by atoms with Gasteiger partial charge in [-0.1, -0.05) is 111 Å². The standard InChI is InChI=1S/C45H31NS2/c1-45(2)39-17-8-6-13-33(39)34-24-23-31(25-40(34)45)46(29-11-4-3-5-12-29)30-21-19-28(20-22-30)32-15-10-16-36-38-27-42-37(26-43(38)48-44(32)36)35-14-7-9-18-41(35)47-42/h3-27H,1-2H3. The summed E-state index contributed by atoms with van der Waals surface area (Å²) in [7, 11) is 0. The molecule has 10 rings (SSSR count). The highest BCUT2D eigenvalue weighted by molar-refractivity contribution is 7.27. The van der Waals surface area contributed by atoms with E-state index in [1.807, 2.05) is 22.7 Å². The molecule has 0 bridgehead atoms. The van der Waals surface area contributed by atoms with E-state index in [2.05, 4.69) is 170 Å². The average molecular weight is 650 g/mol. The van der Waals surface area contributed by atoms with Crippen LogP contribution in [0.1, 0.15) is 25.0 Å². The molecule has 1 aliphatic rings. The maximum Gasteiger partial charge on any atom is 0.0465 e. The molecule has 9 aromatic rings. The van der Waals surface area contributed by atoms with Crippen molar-refractivity contribution in [1.29, 1.82) is 0 Å². The van der Waals surface area contributed by atoms with Gasteiger partial charge in [0, 0.05) is 62.8 Å². The normalized spacial score (nSPS) is 13.4. The molecule has 0 unspecified atom stereocenters. The van der Waals surface area contributed by atoms with Crippen LogP contribution in [-0.2, 0) is 5.41 Å². The smallest absolute Gasteiger partial charge is 0.0465 e. The summed E-state index contributed by atoms with van der Waals surface area (Å²) in [5, 5.41) is 5.40. The van der Waals surface area contributed by atoms with Gasteiger partial charge in [0.1, 0.15) is 0 Å². The van der Waals surface area contributed by atoms with Crippen molar-refractivity contribution in [2.75, 3.05) is 4.90 Å². The van der Waals surface area contributed by atoms with E-state index in [9.17, 15) is 0 Å². The molecule has 0 aliphatic heterocycles. The quantitative estimate of drug-likeness (QED) is 0.183. The summed E-state index contributed by atoms with van der Waals surface area (Å²) in [6, 6.07) is 56.1. The van der Waals surface area contributed by atoms with Crippen LogP contribution in [0.15, 0.2) is 152 Å². The number of thiophene rings is 2. The fourth-order valence-electron chi connectivity index (χ4n) is 7.89. The van der Waals surface area contributed by atoms with E-state index in [1.165, 1.54) is 79.4 Å². The Labute approximate surface area is 288 Å². The van der Waals surface area contributed by atoms with Gasteiger partial charge < -0.3 is 4.90 Å². The maximum atomic E-state index is 2.41. The van der Waals surface area contributed by atoms with Crippen LogP contribution in [0.5, 0.6) is 0 Å². The molecule has 0 radical (unpaired) electrons. The first-order valence-corrected chi connectivity index (χ1v) is 18.1. The lowest BCUT2D eigenvalue weighted by atomic mass is 9.82. The van der Waals surface area contributed by atoms with Crippen molar-refractivity contribution in [2.45, 2.75) is 19.3 Å². The predicted molar refractivity (Wildman–Crippen MR) is 210 cm³/mol. The monoisotopic (exact) mass is 649 g/mol. The molecular formula is C45H31NS2. The van der Waals surface area contributed by atoms with Gasteiger partial charge in [0.25, 0.3) is 0 Å². The molecule has 3 heteroatoms. The van der Waals surface area contributed by atoms with Crippen LogP contribution >= 0.6 is 22.7 Å². The summed E-state index contributed by atoms with van der Waals surface area (Å²) < 4.78 is 5.41. The summed E-state index contributed by atoms with van der Waals surface area (Å²) in [5.74, 6) is 0. The van der Waals surface area contributed by atoms with Gasteiger partial charge in [0.2, 0.25) is 0 Å². The third kappa shape index (κ3) is 4.08. The Morgan fingerprint density at radius 2 is 1.04 bits per heavy atom. The van der Waals surface area contributed by atoms with Crippen molar-refractivity contribution in [3.05, 3.63) is 163 Å². The van der Waals surface area contributed by atoms with Gasteiger partial charge >= 0.3 is 0 Å². The first kappa shape index (κ1) is 27.9. The molecule has 1 aliphatic carbocycles. The summed E-state index contributed by atoms with van der Waals surface area (Å²) in [6.07, 6.45) is 0. The molecule has 228 valence electrons. The van der Waals surface area contributed by atoms with Gasteiger partial charge in [-0.25, -0.2) is 0 Å². The largest absolute Gasteiger partial charge is 0.310 e. The summed E-state index contributed by atoms with van der Waals surface area (Å²) in [6.45, 7) is 4.70. The lowest BCUT2D eigenvalue weighted by Crippen LogP contribution is -2.16. The van der Waals surface area contributed by atoms with Crippen LogP contribution < -0.4 is 4.90 Å². The Hall–Kier alpha value is -5.22. The van der Waals surface area contributed by atoms with Crippen LogP contribution in [0.3, 0.4) is 0 Å². The zero-order chi connectivity index (χ0) is 32.0. The minimum absolute atomic E-state index is 0.0562. The van der Waals surface area contributed by atoms with Gasteiger partial charge in [-0.2, -0.15) is 0 Å². The second-order valence-electron chi connectivity index (χ2n) is 13.3. The van der Waals surface area contributed by atoms with Gasteiger partial charge in [-0.15, -0.1) is 22.7 Å². The van der Waals surface area contributed by atoms with E-state index >= 15 is 0 Å². The maximum absolute atomic E-state index is 2.41. The highest BCUT2D eigenvalue weighted by Crippen LogP contribution is 2.51. The number of fused-ring (bicyclic) bond motifs is 9. The number of para-hydroxylation sites is 1. The molecule has 0 fully saturated rings. The van der Waals surface area contributed by atoms with E-state index in [-0.39, 0.29) is 5.41 Å². The van der Waals surface area contributed by atoms with Crippen LogP contribution in [-0.4, -0.2) is 0 Å². The van der Waals surface area contributed by atoms with Gasteiger partial charge in [0.05, 0.1) is 0 Å². The molecule has 0 atom stereocenters. The van der Waals surface area contributed by atoms with Gasteiger partial charge in [-0.3, -0.25) is 0 Å². The zero-order valence-corrected chi connectivity index (χ0v) is 28.3. The van der Waals surface area contributed by atoms with E-state index < -0.39 is 0 Å². The van der Waals surface area contributed by atoms with E-state index in [0.29, 0.717) is 0 Å². The van der Waals surface area contributed by atoms with Gasteiger partial charge in [-0.05, 0) is 88.0 Å². The van der Waals surface area contributed by atoms with Crippen LogP contribution in [0.25, 0.3) is 62.6 Å². The van der Waals surface area contributed by atoms with Crippen molar-refractivity contribution >= 4 is 80.1 Å². The molecule has 0 N–H and O–H groups in total. The SMILES string of the molecule is CC1(C)c2ccccc2-c2ccc(N(c3ccccc3)c3ccc(-c4cccc5c4sc4cc6c(cc45)sc4ccccc46)cc3)cc21. The van der Waals surface area contributed by atoms with E-state index in [1.54, 1.807) is 0 Å². The third-order valence-electron chi connectivity index (χ3n) is 10.3. The lowest BCUT2D eigenvalue weighted by molar-refractivity contribution is 0.660. The Morgan fingerprint density at radius 3 is 1.90 bits per heavy atom. The molecule has 1 nitrogen and oxygen atoms in total. The van der Waals surface area contributed by atoms with Crippen LogP contribution in [0, 0.1) is 0 Å². The zero-order valence-electron chi connectivity index (χ0n) is 26.7. The van der Waals surface area contributed by atoms with E-state index in [0.717, 1.165) is 11.4 Å². The third-order valence-corrected chi connectivity index (χ3v) is 12.6. The molecule has 7 aromatic carbocycles.